The molecule has 0 aliphatic heterocycles. The van der Waals surface area contributed by atoms with Crippen LogP contribution in [0.2, 0.25) is 0 Å². The molecular formula is C4H6FeO6+2. The van der Waals surface area contributed by atoms with Gasteiger partial charge in [-0.25, -0.2) is 9.59 Å². The van der Waals surface area contributed by atoms with E-state index in [9.17, 15) is 9.59 Å². The molecule has 64 valence electrons. The molecule has 0 aliphatic rings. The Labute approximate surface area is 71.9 Å². The summed E-state index contributed by atoms with van der Waals surface area (Å²) >= 11 is 0. The number of carbonyl (C=O) groups is 2. The van der Waals surface area contributed by atoms with Crippen molar-refractivity contribution in [1.29, 1.82) is 0 Å². The van der Waals surface area contributed by atoms with E-state index in [1.165, 1.54) is 0 Å². The predicted molar refractivity (Wildman–Crippen MR) is 27.3 cm³/mol. The fourth-order valence-corrected chi connectivity index (χ4v) is 0.270. The van der Waals surface area contributed by atoms with Crippen molar-refractivity contribution in [3.05, 3.63) is 0 Å². The first kappa shape index (κ1) is 13.0. The predicted octanol–water partition coefficient (Wildman–Crippen LogP) is -2.13. The van der Waals surface area contributed by atoms with Crippen molar-refractivity contribution in [2.45, 2.75) is 12.2 Å². The van der Waals surface area contributed by atoms with Gasteiger partial charge in [-0.05, 0) is 0 Å². The Morgan fingerprint density at radius 2 is 1.09 bits per heavy atom. The summed E-state index contributed by atoms with van der Waals surface area (Å²) in [5.74, 6) is -3.54. The van der Waals surface area contributed by atoms with Gasteiger partial charge in [0.05, 0.1) is 0 Å². The minimum atomic E-state index is -2.27. The van der Waals surface area contributed by atoms with Crippen molar-refractivity contribution in [3.8, 4) is 0 Å². The number of carboxylic acids is 2. The smallest absolute Gasteiger partial charge is 0.479 e. The average Bonchev–Trinajstić information content (AvgIpc) is 1.84. The van der Waals surface area contributed by atoms with E-state index < -0.39 is 24.1 Å². The average molecular weight is 206 g/mol. The van der Waals surface area contributed by atoms with Crippen LogP contribution in [-0.4, -0.2) is 44.6 Å². The molecule has 0 spiro atoms. The summed E-state index contributed by atoms with van der Waals surface area (Å²) in [5, 5.41) is 32.5. The first-order chi connectivity index (χ1) is 4.46. The molecule has 11 heavy (non-hydrogen) atoms. The molecule has 2 unspecified atom stereocenters. The minimum Gasteiger partial charge on any atom is -0.479 e. The standard InChI is InChI=1S/C4H6O6.Fe/c5-1(3(7)8)2(6)4(9)10;/h1-2,5-6H,(H,7,8)(H,9,10);/q;+2. The maximum absolute atomic E-state index is 9.77. The van der Waals surface area contributed by atoms with Crippen LogP contribution < -0.4 is 0 Å². The van der Waals surface area contributed by atoms with Gasteiger partial charge in [-0.15, -0.1) is 0 Å². The fraction of sp³-hybridized carbons (Fsp3) is 0.500. The SMILES string of the molecule is O=C(O)C(O)C(O)C(=O)O.[Fe+2]. The summed E-state index contributed by atoms with van der Waals surface area (Å²) in [4.78, 5) is 19.5. The quantitative estimate of drug-likeness (QED) is 0.392. The van der Waals surface area contributed by atoms with Crippen LogP contribution in [0.1, 0.15) is 0 Å². The number of hydrogen-bond donors (Lipinski definition) is 4. The Balaban J connectivity index is 0. The van der Waals surface area contributed by atoms with Gasteiger partial charge < -0.3 is 20.4 Å². The van der Waals surface area contributed by atoms with Crippen LogP contribution >= 0.6 is 0 Å². The zero-order chi connectivity index (χ0) is 8.31. The third-order valence-corrected chi connectivity index (χ3v) is 0.805. The third kappa shape index (κ3) is 3.94. The van der Waals surface area contributed by atoms with Crippen LogP contribution in [0, 0.1) is 0 Å². The zero-order valence-electron chi connectivity index (χ0n) is 5.11. The summed E-state index contributed by atoms with van der Waals surface area (Å²) in [6, 6.07) is 0. The molecule has 0 amide bonds. The fourth-order valence-electron chi connectivity index (χ4n) is 0.270. The topological polar surface area (TPSA) is 115 Å². The Morgan fingerprint density at radius 3 is 1.18 bits per heavy atom. The molecule has 0 saturated carbocycles. The number of aliphatic carboxylic acids is 2. The van der Waals surface area contributed by atoms with Gasteiger partial charge in [0.1, 0.15) is 0 Å². The van der Waals surface area contributed by atoms with Crippen molar-refractivity contribution >= 4 is 11.9 Å². The second-order valence-corrected chi connectivity index (χ2v) is 1.57. The Kier molecular flexibility index (Phi) is 6.01. The minimum absolute atomic E-state index is 0. The van der Waals surface area contributed by atoms with Crippen molar-refractivity contribution in [1.82, 2.24) is 0 Å². The molecular weight excluding hydrogens is 200 g/mol. The number of carboxylic acid groups (broad SMARTS) is 2. The molecule has 2 atom stereocenters. The summed E-state index contributed by atoms with van der Waals surface area (Å²) in [6.07, 6.45) is -4.53. The molecule has 0 heterocycles. The molecule has 0 aliphatic carbocycles. The molecule has 0 rings (SSSR count). The second-order valence-electron chi connectivity index (χ2n) is 1.57. The number of aliphatic hydroxyl groups is 2. The zero-order valence-corrected chi connectivity index (χ0v) is 6.22. The Morgan fingerprint density at radius 1 is 0.909 bits per heavy atom. The first-order valence-corrected chi connectivity index (χ1v) is 2.28. The summed E-state index contributed by atoms with van der Waals surface area (Å²) in [7, 11) is 0. The normalized spacial score (nSPS) is 14.4. The van der Waals surface area contributed by atoms with E-state index in [-0.39, 0.29) is 17.1 Å². The van der Waals surface area contributed by atoms with Gasteiger partial charge >= 0.3 is 29.0 Å². The summed E-state index contributed by atoms with van der Waals surface area (Å²) in [6.45, 7) is 0. The van der Waals surface area contributed by atoms with Gasteiger partial charge in [0.2, 0.25) is 0 Å². The van der Waals surface area contributed by atoms with E-state index in [2.05, 4.69) is 0 Å². The molecule has 0 aromatic rings. The van der Waals surface area contributed by atoms with Gasteiger partial charge in [0.15, 0.2) is 12.2 Å². The largest absolute Gasteiger partial charge is 2.00 e. The molecule has 0 bridgehead atoms. The maximum Gasteiger partial charge on any atom is 2.00 e. The monoisotopic (exact) mass is 206 g/mol. The van der Waals surface area contributed by atoms with Crippen LogP contribution in [0.4, 0.5) is 0 Å². The van der Waals surface area contributed by atoms with E-state index >= 15 is 0 Å². The molecule has 7 heteroatoms. The molecule has 0 fully saturated rings. The summed E-state index contributed by atoms with van der Waals surface area (Å²) < 4.78 is 0. The van der Waals surface area contributed by atoms with E-state index in [1.54, 1.807) is 0 Å². The molecule has 0 aromatic carbocycles. The van der Waals surface area contributed by atoms with Crippen molar-refractivity contribution in [2.75, 3.05) is 0 Å². The summed E-state index contributed by atoms with van der Waals surface area (Å²) in [5.41, 5.74) is 0. The maximum atomic E-state index is 9.77. The van der Waals surface area contributed by atoms with Gasteiger partial charge in [-0.2, -0.15) is 0 Å². The first-order valence-electron chi connectivity index (χ1n) is 2.28. The Bertz CT molecular complexity index is 139. The van der Waals surface area contributed by atoms with E-state index in [1.807, 2.05) is 0 Å². The Hall–Kier alpha value is -0.621. The van der Waals surface area contributed by atoms with Crippen LogP contribution in [0.25, 0.3) is 0 Å². The number of aliphatic hydroxyl groups excluding tert-OH is 2. The van der Waals surface area contributed by atoms with E-state index in [0.717, 1.165) is 0 Å². The van der Waals surface area contributed by atoms with Crippen LogP contribution in [0.3, 0.4) is 0 Å². The van der Waals surface area contributed by atoms with Gasteiger partial charge in [0, 0.05) is 0 Å². The molecule has 4 N–H and O–H groups in total. The van der Waals surface area contributed by atoms with Gasteiger partial charge in [-0.1, -0.05) is 0 Å². The third-order valence-electron chi connectivity index (χ3n) is 0.805. The van der Waals surface area contributed by atoms with Crippen LogP contribution in [-0.2, 0) is 26.7 Å². The molecule has 0 saturated heterocycles. The van der Waals surface area contributed by atoms with Crippen molar-refractivity contribution in [3.63, 3.8) is 0 Å². The van der Waals surface area contributed by atoms with Crippen LogP contribution in [0.5, 0.6) is 0 Å². The molecule has 0 radical (unpaired) electrons. The number of hydrogen-bond acceptors (Lipinski definition) is 4. The number of rotatable bonds is 3. The van der Waals surface area contributed by atoms with Gasteiger partial charge in [0.25, 0.3) is 0 Å². The molecule has 0 aromatic heterocycles. The van der Waals surface area contributed by atoms with Crippen molar-refractivity contribution < 1.29 is 47.1 Å². The second kappa shape index (κ2) is 5.09. The van der Waals surface area contributed by atoms with E-state index in [4.69, 9.17) is 20.4 Å². The van der Waals surface area contributed by atoms with Crippen molar-refractivity contribution in [2.24, 2.45) is 0 Å². The van der Waals surface area contributed by atoms with Gasteiger partial charge in [-0.3, -0.25) is 0 Å². The molecule has 6 nitrogen and oxygen atoms in total. The van der Waals surface area contributed by atoms with Crippen LogP contribution in [0.15, 0.2) is 0 Å². The van der Waals surface area contributed by atoms with E-state index in [0.29, 0.717) is 0 Å².